The minimum Gasteiger partial charge on any atom is -0.494 e. The fourth-order valence-electron chi connectivity index (χ4n) is 2.51. The number of aliphatic carboxylic acids is 1. The number of carbonyl (C=O) groups is 1. The van der Waals surface area contributed by atoms with Gasteiger partial charge in [-0.1, -0.05) is 37.4 Å². The highest BCUT2D eigenvalue weighted by molar-refractivity contribution is 9.10. The SMILES string of the molecule is CCCCCOc1ccc(Cn2c(C)nc(Br)c2C=CC(=O)O)c(Cl)c1. The number of hydrogen-bond donors (Lipinski definition) is 1. The van der Waals surface area contributed by atoms with Gasteiger partial charge in [0.15, 0.2) is 0 Å². The van der Waals surface area contributed by atoms with Crippen molar-refractivity contribution in [2.24, 2.45) is 0 Å². The van der Waals surface area contributed by atoms with E-state index in [-0.39, 0.29) is 0 Å². The Bertz CT molecular complexity index is 802. The molecule has 2 aromatic rings. The number of unbranched alkanes of at least 4 members (excludes halogenated alkanes) is 2. The molecule has 7 heteroatoms. The molecule has 1 aromatic heterocycles. The predicted molar refractivity (Wildman–Crippen MR) is 107 cm³/mol. The predicted octanol–water partition coefficient (Wildman–Crippen LogP) is 5.32. The Balaban J connectivity index is 2.17. The fourth-order valence-corrected chi connectivity index (χ4v) is 3.35. The second-order valence-electron chi connectivity index (χ2n) is 5.90. The molecule has 0 atom stereocenters. The van der Waals surface area contributed by atoms with Gasteiger partial charge in [-0.3, -0.25) is 0 Å². The standard InChI is InChI=1S/C19H22BrClN2O3/c1-3-4-5-10-26-15-7-6-14(16(21)11-15)12-23-13(2)22-19(20)17(23)8-9-18(24)25/h6-9,11H,3-5,10,12H2,1-2H3,(H,24,25). The maximum absolute atomic E-state index is 10.8. The van der Waals surface area contributed by atoms with Crippen molar-refractivity contribution < 1.29 is 14.6 Å². The molecule has 1 N–H and O–H groups in total. The first kappa shape index (κ1) is 20.5. The van der Waals surface area contributed by atoms with E-state index in [1.54, 1.807) is 0 Å². The summed E-state index contributed by atoms with van der Waals surface area (Å²) < 4.78 is 8.23. The average Bonchev–Trinajstić information content (AvgIpc) is 2.85. The van der Waals surface area contributed by atoms with E-state index in [4.69, 9.17) is 21.4 Å². The number of ether oxygens (including phenoxy) is 1. The number of benzene rings is 1. The number of rotatable bonds is 9. The van der Waals surface area contributed by atoms with Crippen LogP contribution in [0.25, 0.3) is 6.08 Å². The van der Waals surface area contributed by atoms with Crippen LogP contribution in [0.1, 0.15) is 43.3 Å². The number of aryl methyl sites for hydroxylation is 1. The lowest BCUT2D eigenvalue weighted by atomic mass is 10.2. The molecule has 0 aliphatic carbocycles. The largest absolute Gasteiger partial charge is 0.494 e. The second kappa shape index (κ2) is 9.78. The van der Waals surface area contributed by atoms with Crippen molar-refractivity contribution in [3.63, 3.8) is 0 Å². The molecule has 0 amide bonds. The van der Waals surface area contributed by atoms with Crippen molar-refractivity contribution in [2.45, 2.75) is 39.7 Å². The molecule has 0 unspecified atom stereocenters. The molecule has 1 heterocycles. The summed E-state index contributed by atoms with van der Waals surface area (Å²) >= 11 is 9.79. The third-order valence-corrected chi connectivity index (χ3v) is 4.84. The van der Waals surface area contributed by atoms with Gasteiger partial charge in [0.25, 0.3) is 0 Å². The van der Waals surface area contributed by atoms with E-state index in [1.807, 2.05) is 29.7 Å². The van der Waals surface area contributed by atoms with Gasteiger partial charge in [0, 0.05) is 11.1 Å². The average molecular weight is 442 g/mol. The highest BCUT2D eigenvalue weighted by atomic mass is 79.9. The monoisotopic (exact) mass is 440 g/mol. The molecule has 2 rings (SSSR count). The third-order valence-electron chi connectivity index (χ3n) is 3.91. The molecule has 0 aliphatic rings. The molecule has 0 saturated heterocycles. The van der Waals surface area contributed by atoms with Crippen molar-refractivity contribution in [3.8, 4) is 5.75 Å². The van der Waals surface area contributed by atoms with Crippen molar-refractivity contribution in [3.05, 3.63) is 51.0 Å². The van der Waals surface area contributed by atoms with E-state index in [2.05, 4.69) is 27.8 Å². The Hall–Kier alpha value is -1.79. The van der Waals surface area contributed by atoms with Crippen LogP contribution in [0, 0.1) is 6.92 Å². The lowest BCUT2D eigenvalue weighted by Gasteiger charge is -2.12. The highest BCUT2D eigenvalue weighted by Gasteiger charge is 2.13. The molecular weight excluding hydrogens is 420 g/mol. The minimum atomic E-state index is -1.01. The molecule has 140 valence electrons. The van der Waals surface area contributed by atoms with Crippen LogP contribution in [0.4, 0.5) is 0 Å². The van der Waals surface area contributed by atoms with Gasteiger partial charge in [-0.2, -0.15) is 0 Å². The Labute approximate surface area is 166 Å². The molecule has 1 aromatic carbocycles. The number of nitrogens with zero attached hydrogens (tertiary/aromatic N) is 2. The van der Waals surface area contributed by atoms with Crippen LogP contribution >= 0.6 is 27.5 Å². The Morgan fingerprint density at radius 1 is 1.42 bits per heavy atom. The van der Waals surface area contributed by atoms with Crippen LogP contribution in [0.5, 0.6) is 5.75 Å². The van der Waals surface area contributed by atoms with Gasteiger partial charge in [-0.05, 0) is 53.0 Å². The van der Waals surface area contributed by atoms with Crippen LogP contribution in [0.3, 0.4) is 0 Å². The molecule has 0 fully saturated rings. The van der Waals surface area contributed by atoms with Gasteiger partial charge in [-0.15, -0.1) is 0 Å². The second-order valence-corrected chi connectivity index (χ2v) is 7.06. The quantitative estimate of drug-likeness (QED) is 0.422. The Morgan fingerprint density at radius 3 is 2.85 bits per heavy atom. The van der Waals surface area contributed by atoms with E-state index in [9.17, 15) is 4.79 Å². The topological polar surface area (TPSA) is 64.4 Å². The molecule has 0 spiro atoms. The molecule has 5 nitrogen and oxygen atoms in total. The number of halogens is 2. The first-order valence-corrected chi connectivity index (χ1v) is 9.64. The summed E-state index contributed by atoms with van der Waals surface area (Å²) in [5, 5.41) is 9.47. The summed E-state index contributed by atoms with van der Waals surface area (Å²) in [6.07, 6.45) is 5.93. The normalized spacial score (nSPS) is 11.2. The summed E-state index contributed by atoms with van der Waals surface area (Å²) in [5.74, 6) is 0.507. The van der Waals surface area contributed by atoms with Crippen LogP contribution in [-0.2, 0) is 11.3 Å². The number of aromatic nitrogens is 2. The van der Waals surface area contributed by atoms with Crippen molar-refractivity contribution in [1.29, 1.82) is 0 Å². The van der Waals surface area contributed by atoms with Crippen LogP contribution in [0.15, 0.2) is 28.9 Å². The van der Waals surface area contributed by atoms with Gasteiger partial charge in [0.05, 0.1) is 18.8 Å². The van der Waals surface area contributed by atoms with Gasteiger partial charge < -0.3 is 14.4 Å². The lowest BCUT2D eigenvalue weighted by molar-refractivity contribution is -0.131. The zero-order chi connectivity index (χ0) is 19.1. The number of carboxylic acid groups (broad SMARTS) is 1. The van der Waals surface area contributed by atoms with E-state index in [0.29, 0.717) is 28.5 Å². The summed E-state index contributed by atoms with van der Waals surface area (Å²) in [4.78, 5) is 15.2. The van der Waals surface area contributed by atoms with Gasteiger partial charge >= 0.3 is 5.97 Å². The summed E-state index contributed by atoms with van der Waals surface area (Å²) in [7, 11) is 0. The molecule has 0 saturated carbocycles. The maximum Gasteiger partial charge on any atom is 0.328 e. The highest BCUT2D eigenvalue weighted by Crippen LogP contribution is 2.26. The summed E-state index contributed by atoms with van der Waals surface area (Å²) in [6, 6.07) is 5.65. The smallest absolute Gasteiger partial charge is 0.328 e. The third kappa shape index (κ3) is 5.61. The first-order chi connectivity index (χ1) is 12.4. The molecule has 0 aliphatic heterocycles. The number of carboxylic acids is 1. The van der Waals surface area contributed by atoms with E-state index in [1.165, 1.54) is 6.08 Å². The first-order valence-electron chi connectivity index (χ1n) is 8.47. The fraction of sp³-hybridized carbons (Fsp3) is 0.368. The number of hydrogen-bond acceptors (Lipinski definition) is 3. The van der Waals surface area contributed by atoms with Crippen molar-refractivity contribution in [1.82, 2.24) is 9.55 Å². The maximum atomic E-state index is 10.8. The van der Waals surface area contributed by atoms with E-state index < -0.39 is 5.97 Å². The van der Waals surface area contributed by atoms with Crippen molar-refractivity contribution >= 4 is 39.6 Å². The van der Waals surface area contributed by atoms with E-state index >= 15 is 0 Å². The molecular formula is C19H22BrClN2O3. The Kier molecular flexibility index (Phi) is 7.72. The zero-order valence-electron chi connectivity index (χ0n) is 14.8. The van der Waals surface area contributed by atoms with Gasteiger partial charge in [0.1, 0.15) is 16.2 Å². The minimum absolute atomic E-state index is 0.485. The zero-order valence-corrected chi connectivity index (χ0v) is 17.2. The van der Waals surface area contributed by atoms with Gasteiger partial charge in [0.2, 0.25) is 0 Å². The van der Waals surface area contributed by atoms with Gasteiger partial charge in [-0.25, -0.2) is 9.78 Å². The lowest BCUT2D eigenvalue weighted by Crippen LogP contribution is -2.05. The number of imidazole rings is 1. The van der Waals surface area contributed by atoms with Crippen LogP contribution in [-0.4, -0.2) is 27.2 Å². The Morgan fingerprint density at radius 2 is 2.19 bits per heavy atom. The van der Waals surface area contributed by atoms with Crippen molar-refractivity contribution in [2.75, 3.05) is 6.61 Å². The molecule has 0 bridgehead atoms. The van der Waals surface area contributed by atoms with Crippen LogP contribution in [0.2, 0.25) is 5.02 Å². The van der Waals surface area contributed by atoms with E-state index in [0.717, 1.165) is 42.5 Å². The summed E-state index contributed by atoms with van der Waals surface area (Å²) in [6.45, 7) is 5.18. The molecule has 0 radical (unpaired) electrons. The molecule has 26 heavy (non-hydrogen) atoms. The summed E-state index contributed by atoms with van der Waals surface area (Å²) in [5.41, 5.74) is 1.59. The van der Waals surface area contributed by atoms with Crippen LogP contribution < -0.4 is 4.74 Å².